The average molecular weight is 422 g/mol. The Bertz CT molecular complexity index is 550. The van der Waals surface area contributed by atoms with E-state index >= 15 is 0 Å². The van der Waals surface area contributed by atoms with Crippen LogP contribution in [0.4, 0.5) is 0 Å². The predicted octanol–water partition coefficient (Wildman–Crippen LogP) is 3.57. The van der Waals surface area contributed by atoms with E-state index in [0.29, 0.717) is 23.6 Å². The van der Waals surface area contributed by atoms with Crippen LogP contribution >= 0.6 is 34.2 Å². The minimum atomic E-state index is -0.758. The zero-order valence-electron chi connectivity index (χ0n) is 11.4. The minimum Gasteiger partial charge on any atom is -0.481 e. The van der Waals surface area contributed by atoms with Gasteiger partial charge in [0.15, 0.2) is 0 Å². The van der Waals surface area contributed by atoms with Crippen molar-refractivity contribution in [3.05, 3.63) is 32.4 Å². The van der Waals surface area contributed by atoms with Crippen LogP contribution in [0.25, 0.3) is 0 Å². The topological polar surface area (TPSA) is 66.4 Å². The van der Waals surface area contributed by atoms with Crippen molar-refractivity contribution < 1.29 is 14.7 Å². The maximum Gasteiger partial charge on any atom is 0.306 e. The van der Waals surface area contributed by atoms with E-state index < -0.39 is 5.97 Å². The molecule has 2 atom stereocenters. The van der Waals surface area contributed by atoms with E-state index in [4.69, 9.17) is 11.6 Å². The predicted molar refractivity (Wildman–Crippen MR) is 89.6 cm³/mol. The van der Waals surface area contributed by atoms with Crippen LogP contribution in [0.2, 0.25) is 5.02 Å². The molecule has 1 fully saturated rings. The van der Waals surface area contributed by atoms with E-state index in [1.807, 2.05) is 0 Å². The summed E-state index contributed by atoms with van der Waals surface area (Å²) in [6.07, 6.45) is 3.53. The van der Waals surface area contributed by atoms with Crippen LogP contribution in [0.15, 0.2) is 18.2 Å². The normalized spacial score (nSPS) is 21.8. The number of carbonyl (C=O) groups is 2. The molecule has 114 valence electrons. The standard InChI is InChI=1S/C15H17ClINO3/c16-12-7-9(5-6-13(12)17)14(19)18-8-10-3-1-2-4-11(10)15(20)21/h5-7,10-11H,1-4,8H2,(H,18,19)(H,20,21). The lowest BCUT2D eigenvalue weighted by molar-refractivity contribution is -0.144. The summed E-state index contributed by atoms with van der Waals surface area (Å²) < 4.78 is 0.893. The molecule has 0 heterocycles. The molecule has 0 aliphatic heterocycles. The Kier molecular flexibility index (Phi) is 5.87. The molecular weight excluding hydrogens is 405 g/mol. The first-order valence-corrected chi connectivity index (χ1v) is 8.40. The third kappa shape index (κ3) is 4.32. The first kappa shape index (κ1) is 16.5. The van der Waals surface area contributed by atoms with E-state index in [-0.39, 0.29) is 17.7 Å². The lowest BCUT2D eigenvalue weighted by Crippen LogP contribution is -2.37. The van der Waals surface area contributed by atoms with Gasteiger partial charge in [-0.05, 0) is 59.5 Å². The van der Waals surface area contributed by atoms with E-state index in [2.05, 4.69) is 27.9 Å². The van der Waals surface area contributed by atoms with Crippen LogP contribution in [0, 0.1) is 15.4 Å². The summed E-state index contributed by atoms with van der Waals surface area (Å²) in [5.74, 6) is -1.30. The summed E-state index contributed by atoms with van der Waals surface area (Å²) in [5.41, 5.74) is 0.503. The van der Waals surface area contributed by atoms with Crippen molar-refractivity contribution >= 4 is 46.1 Å². The van der Waals surface area contributed by atoms with Crippen LogP contribution in [0.3, 0.4) is 0 Å². The number of amides is 1. The Morgan fingerprint density at radius 2 is 2.05 bits per heavy atom. The van der Waals surface area contributed by atoms with Crippen LogP contribution < -0.4 is 5.32 Å². The number of hydrogen-bond acceptors (Lipinski definition) is 2. The minimum absolute atomic E-state index is 0.0134. The maximum absolute atomic E-state index is 12.1. The molecule has 1 saturated carbocycles. The quantitative estimate of drug-likeness (QED) is 0.731. The van der Waals surface area contributed by atoms with Gasteiger partial charge >= 0.3 is 5.97 Å². The van der Waals surface area contributed by atoms with E-state index in [1.54, 1.807) is 18.2 Å². The van der Waals surface area contributed by atoms with Gasteiger partial charge in [-0.1, -0.05) is 24.4 Å². The fourth-order valence-electron chi connectivity index (χ4n) is 2.74. The number of hydrogen-bond donors (Lipinski definition) is 2. The third-order valence-electron chi connectivity index (χ3n) is 3.93. The Morgan fingerprint density at radius 1 is 1.33 bits per heavy atom. The Morgan fingerprint density at radius 3 is 2.71 bits per heavy atom. The fourth-order valence-corrected chi connectivity index (χ4v) is 3.26. The van der Waals surface area contributed by atoms with Crippen molar-refractivity contribution in [2.45, 2.75) is 25.7 Å². The zero-order chi connectivity index (χ0) is 15.4. The molecule has 1 amide bonds. The van der Waals surface area contributed by atoms with E-state index in [1.165, 1.54) is 0 Å². The molecule has 1 aromatic carbocycles. The van der Waals surface area contributed by atoms with E-state index in [0.717, 1.165) is 22.8 Å². The van der Waals surface area contributed by atoms with Crippen molar-refractivity contribution in [3.63, 3.8) is 0 Å². The number of rotatable bonds is 4. The monoisotopic (exact) mass is 421 g/mol. The van der Waals surface area contributed by atoms with Crippen LogP contribution in [0.5, 0.6) is 0 Å². The van der Waals surface area contributed by atoms with Gasteiger partial charge in [-0.3, -0.25) is 9.59 Å². The molecule has 2 rings (SSSR count). The molecule has 1 aliphatic carbocycles. The smallest absolute Gasteiger partial charge is 0.306 e. The van der Waals surface area contributed by atoms with Gasteiger partial charge in [-0.25, -0.2) is 0 Å². The molecular formula is C15H17ClINO3. The lowest BCUT2D eigenvalue weighted by Gasteiger charge is -2.28. The highest BCUT2D eigenvalue weighted by Gasteiger charge is 2.30. The van der Waals surface area contributed by atoms with Crippen molar-refractivity contribution in [1.29, 1.82) is 0 Å². The first-order chi connectivity index (χ1) is 9.99. The molecule has 0 saturated heterocycles. The SMILES string of the molecule is O=C(NCC1CCCCC1C(=O)O)c1ccc(I)c(Cl)c1. The van der Waals surface area contributed by atoms with Crippen LogP contribution in [-0.4, -0.2) is 23.5 Å². The van der Waals surface area contributed by atoms with Crippen LogP contribution in [0.1, 0.15) is 36.0 Å². The highest BCUT2D eigenvalue weighted by atomic mass is 127. The molecule has 4 nitrogen and oxygen atoms in total. The first-order valence-electron chi connectivity index (χ1n) is 6.95. The Labute approximate surface area is 142 Å². The van der Waals surface area contributed by atoms with Gasteiger partial charge in [0.05, 0.1) is 10.9 Å². The summed E-state index contributed by atoms with van der Waals surface area (Å²) in [5, 5.41) is 12.6. The summed E-state index contributed by atoms with van der Waals surface area (Å²) >= 11 is 8.11. The van der Waals surface area contributed by atoms with Gasteiger partial charge < -0.3 is 10.4 Å². The number of nitrogens with one attached hydrogen (secondary N) is 1. The third-order valence-corrected chi connectivity index (χ3v) is 5.51. The Balaban J connectivity index is 1.96. The highest BCUT2D eigenvalue weighted by molar-refractivity contribution is 14.1. The van der Waals surface area contributed by atoms with Crippen molar-refractivity contribution in [2.75, 3.05) is 6.54 Å². The molecule has 0 aromatic heterocycles. The second-order valence-electron chi connectivity index (χ2n) is 5.33. The Hall–Kier alpha value is -0.820. The second kappa shape index (κ2) is 7.45. The maximum atomic E-state index is 12.1. The van der Waals surface area contributed by atoms with Gasteiger partial charge in [0.2, 0.25) is 0 Å². The largest absolute Gasteiger partial charge is 0.481 e. The van der Waals surface area contributed by atoms with Crippen LogP contribution in [-0.2, 0) is 4.79 Å². The number of carbonyl (C=O) groups excluding carboxylic acids is 1. The lowest BCUT2D eigenvalue weighted by atomic mass is 9.79. The second-order valence-corrected chi connectivity index (χ2v) is 6.90. The molecule has 0 bridgehead atoms. The fraction of sp³-hybridized carbons (Fsp3) is 0.467. The molecule has 21 heavy (non-hydrogen) atoms. The highest BCUT2D eigenvalue weighted by Crippen LogP contribution is 2.29. The molecule has 0 radical (unpaired) electrons. The molecule has 1 aromatic rings. The van der Waals surface area contributed by atoms with Gasteiger partial charge in [0.1, 0.15) is 0 Å². The summed E-state index contributed by atoms with van der Waals surface area (Å²) in [6, 6.07) is 5.14. The van der Waals surface area contributed by atoms with Crippen molar-refractivity contribution in [2.24, 2.45) is 11.8 Å². The number of benzene rings is 1. The summed E-state index contributed by atoms with van der Waals surface area (Å²) in [6.45, 7) is 0.402. The average Bonchev–Trinajstić information content (AvgIpc) is 2.47. The van der Waals surface area contributed by atoms with Gasteiger partial charge in [0.25, 0.3) is 5.91 Å². The van der Waals surface area contributed by atoms with E-state index in [9.17, 15) is 14.7 Å². The number of aliphatic carboxylic acids is 1. The molecule has 6 heteroatoms. The van der Waals surface area contributed by atoms with Gasteiger partial charge in [0, 0.05) is 15.7 Å². The number of halogens is 2. The number of carboxylic acids is 1. The van der Waals surface area contributed by atoms with Crippen molar-refractivity contribution in [1.82, 2.24) is 5.32 Å². The summed E-state index contributed by atoms with van der Waals surface area (Å²) in [4.78, 5) is 23.3. The number of carboxylic acid groups (broad SMARTS) is 1. The molecule has 0 spiro atoms. The molecule has 2 unspecified atom stereocenters. The van der Waals surface area contributed by atoms with Gasteiger partial charge in [-0.2, -0.15) is 0 Å². The zero-order valence-corrected chi connectivity index (χ0v) is 14.4. The molecule has 1 aliphatic rings. The van der Waals surface area contributed by atoms with Crippen molar-refractivity contribution in [3.8, 4) is 0 Å². The summed E-state index contributed by atoms with van der Waals surface area (Å²) in [7, 11) is 0. The van der Waals surface area contributed by atoms with Gasteiger partial charge in [-0.15, -0.1) is 0 Å². The molecule has 2 N–H and O–H groups in total.